The second-order valence-corrected chi connectivity index (χ2v) is 3.91. The van der Waals surface area contributed by atoms with Crippen molar-refractivity contribution in [2.45, 2.75) is 18.7 Å². The topological polar surface area (TPSA) is 20.2 Å². The summed E-state index contributed by atoms with van der Waals surface area (Å²) in [5.74, 6) is 0.729. The van der Waals surface area contributed by atoms with E-state index in [1.54, 1.807) is 0 Å². The van der Waals surface area contributed by atoms with Crippen LogP contribution in [0.2, 0.25) is 0 Å². The van der Waals surface area contributed by atoms with Gasteiger partial charge in [0.2, 0.25) is 0 Å². The lowest BCUT2D eigenvalue weighted by Gasteiger charge is -2.06. The Balaban J connectivity index is 2.81. The van der Waals surface area contributed by atoms with Crippen LogP contribution in [0.4, 0.5) is 0 Å². The molecule has 0 amide bonds. The zero-order chi connectivity index (χ0) is 9.68. The number of para-hydroxylation sites is 1. The standard InChI is InChI=1S/C10H12BrClO/c11-6-2-5-8-3-1-4-9(7-12)10(8)13/h1,3-4,13H,2,5-7H2. The average molecular weight is 264 g/mol. The number of rotatable bonds is 4. The summed E-state index contributed by atoms with van der Waals surface area (Å²) < 4.78 is 0. The van der Waals surface area contributed by atoms with Crippen molar-refractivity contribution in [1.29, 1.82) is 0 Å². The molecule has 0 saturated heterocycles. The summed E-state index contributed by atoms with van der Waals surface area (Å²) in [5, 5.41) is 10.7. The van der Waals surface area contributed by atoms with E-state index in [2.05, 4.69) is 15.9 Å². The number of hydrogen-bond acceptors (Lipinski definition) is 1. The van der Waals surface area contributed by atoms with Gasteiger partial charge in [-0.2, -0.15) is 0 Å². The summed E-state index contributed by atoms with van der Waals surface area (Å²) >= 11 is 9.03. The van der Waals surface area contributed by atoms with E-state index in [0.717, 1.165) is 29.3 Å². The molecule has 0 aliphatic heterocycles. The van der Waals surface area contributed by atoms with E-state index in [1.807, 2.05) is 18.2 Å². The number of phenolic OH excluding ortho intramolecular Hbond substituents is 1. The first-order chi connectivity index (χ1) is 6.29. The van der Waals surface area contributed by atoms with Crippen LogP contribution in [0.5, 0.6) is 5.75 Å². The average Bonchev–Trinajstić information content (AvgIpc) is 2.16. The highest BCUT2D eigenvalue weighted by atomic mass is 79.9. The maximum atomic E-state index is 9.72. The van der Waals surface area contributed by atoms with Gasteiger partial charge in [-0.3, -0.25) is 0 Å². The van der Waals surface area contributed by atoms with Crippen molar-refractivity contribution in [2.75, 3.05) is 5.33 Å². The van der Waals surface area contributed by atoms with Crippen LogP contribution in [-0.4, -0.2) is 10.4 Å². The summed E-state index contributed by atoms with van der Waals surface area (Å²) in [7, 11) is 0. The SMILES string of the molecule is Oc1c(CCl)cccc1CCCBr. The van der Waals surface area contributed by atoms with Crippen LogP contribution >= 0.6 is 27.5 Å². The van der Waals surface area contributed by atoms with Crippen LogP contribution in [-0.2, 0) is 12.3 Å². The Labute approximate surface area is 91.9 Å². The maximum absolute atomic E-state index is 9.72. The number of hydrogen-bond donors (Lipinski definition) is 1. The first kappa shape index (κ1) is 10.9. The van der Waals surface area contributed by atoms with Crippen molar-refractivity contribution in [2.24, 2.45) is 0 Å². The van der Waals surface area contributed by atoms with Gasteiger partial charge in [0.25, 0.3) is 0 Å². The fourth-order valence-corrected chi connectivity index (χ4v) is 1.71. The Morgan fingerprint density at radius 2 is 2.00 bits per heavy atom. The van der Waals surface area contributed by atoms with E-state index in [4.69, 9.17) is 11.6 Å². The quantitative estimate of drug-likeness (QED) is 0.825. The van der Waals surface area contributed by atoms with E-state index in [1.165, 1.54) is 0 Å². The van der Waals surface area contributed by atoms with Crippen LogP contribution in [0.3, 0.4) is 0 Å². The number of phenols is 1. The van der Waals surface area contributed by atoms with Crippen molar-refractivity contribution in [1.82, 2.24) is 0 Å². The molecule has 0 saturated carbocycles. The molecule has 13 heavy (non-hydrogen) atoms. The summed E-state index contributed by atoms with van der Waals surface area (Å²) in [4.78, 5) is 0. The third-order valence-electron chi connectivity index (χ3n) is 1.93. The molecule has 0 aliphatic carbocycles. The van der Waals surface area contributed by atoms with Crippen LogP contribution in [0.15, 0.2) is 18.2 Å². The van der Waals surface area contributed by atoms with Crippen LogP contribution in [0.25, 0.3) is 0 Å². The fraction of sp³-hybridized carbons (Fsp3) is 0.400. The molecular weight excluding hydrogens is 251 g/mol. The molecule has 0 fully saturated rings. The number of aryl methyl sites for hydroxylation is 1. The maximum Gasteiger partial charge on any atom is 0.123 e. The van der Waals surface area contributed by atoms with Crippen molar-refractivity contribution in [3.05, 3.63) is 29.3 Å². The Hall–Kier alpha value is -0.210. The van der Waals surface area contributed by atoms with Gasteiger partial charge in [-0.25, -0.2) is 0 Å². The van der Waals surface area contributed by atoms with Crippen molar-refractivity contribution in [3.8, 4) is 5.75 Å². The van der Waals surface area contributed by atoms with Crippen molar-refractivity contribution < 1.29 is 5.11 Å². The molecule has 1 aromatic carbocycles. The molecule has 1 nitrogen and oxygen atoms in total. The molecule has 0 aromatic heterocycles. The predicted molar refractivity (Wildman–Crippen MR) is 59.8 cm³/mol. The largest absolute Gasteiger partial charge is 0.507 e. The second kappa shape index (κ2) is 5.51. The molecule has 0 atom stereocenters. The van der Waals surface area contributed by atoms with Gasteiger partial charge in [0.1, 0.15) is 5.75 Å². The molecule has 1 rings (SSSR count). The van der Waals surface area contributed by atoms with E-state index < -0.39 is 0 Å². The number of halogens is 2. The smallest absolute Gasteiger partial charge is 0.123 e. The molecule has 0 aliphatic rings. The lowest BCUT2D eigenvalue weighted by molar-refractivity contribution is 0.463. The zero-order valence-electron chi connectivity index (χ0n) is 7.26. The first-order valence-electron chi connectivity index (χ1n) is 4.21. The molecule has 1 aromatic rings. The van der Waals surface area contributed by atoms with E-state index in [-0.39, 0.29) is 0 Å². The molecule has 0 unspecified atom stereocenters. The molecule has 0 spiro atoms. The third kappa shape index (κ3) is 2.89. The third-order valence-corrected chi connectivity index (χ3v) is 2.78. The monoisotopic (exact) mass is 262 g/mol. The van der Waals surface area contributed by atoms with E-state index in [9.17, 15) is 5.11 Å². The van der Waals surface area contributed by atoms with Gasteiger partial charge in [0, 0.05) is 10.9 Å². The Morgan fingerprint density at radius 3 is 2.62 bits per heavy atom. The Kier molecular flexibility index (Phi) is 4.60. The van der Waals surface area contributed by atoms with Gasteiger partial charge in [-0.15, -0.1) is 11.6 Å². The minimum atomic E-state index is 0.360. The fourth-order valence-electron chi connectivity index (χ4n) is 1.21. The van der Waals surface area contributed by atoms with Gasteiger partial charge in [0.15, 0.2) is 0 Å². The Bertz CT molecular complexity index is 276. The van der Waals surface area contributed by atoms with E-state index >= 15 is 0 Å². The van der Waals surface area contributed by atoms with Gasteiger partial charge >= 0.3 is 0 Å². The molecular formula is C10H12BrClO. The molecule has 0 bridgehead atoms. The van der Waals surface area contributed by atoms with Gasteiger partial charge in [0.05, 0.1) is 5.88 Å². The summed E-state index contributed by atoms with van der Waals surface area (Å²) in [6.07, 6.45) is 1.92. The molecule has 72 valence electrons. The van der Waals surface area contributed by atoms with Crippen LogP contribution in [0.1, 0.15) is 17.5 Å². The normalized spacial score (nSPS) is 10.3. The molecule has 1 N–H and O–H groups in total. The highest BCUT2D eigenvalue weighted by molar-refractivity contribution is 9.09. The van der Waals surface area contributed by atoms with E-state index in [0.29, 0.717) is 11.6 Å². The molecule has 0 heterocycles. The van der Waals surface area contributed by atoms with Gasteiger partial charge < -0.3 is 5.11 Å². The summed E-state index contributed by atoms with van der Waals surface area (Å²) in [6, 6.07) is 5.72. The van der Waals surface area contributed by atoms with Gasteiger partial charge in [-0.1, -0.05) is 34.1 Å². The second-order valence-electron chi connectivity index (χ2n) is 2.85. The lowest BCUT2D eigenvalue weighted by Crippen LogP contribution is -1.90. The highest BCUT2D eigenvalue weighted by Crippen LogP contribution is 2.24. The Morgan fingerprint density at radius 1 is 1.31 bits per heavy atom. The van der Waals surface area contributed by atoms with Crippen molar-refractivity contribution >= 4 is 27.5 Å². The molecule has 0 radical (unpaired) electrons. The van der Waals surface area contributed by atoms with Crippen LogP contribution < -0.4 is 0 Å². The first-order valence-corrected chi connectivity index (χ1v) is 5.87. The minimum Gasteiger partial charge on any atom is -0.507 e. The number of alkyl halides is 2. The summed E-state index contributed by atoms with van der Waals surface area (Å²) in [6.45, 7) is 0. The predicted octanol–water partition coefficient (Wildman–Crippen LogP) is 3.46. The molecule has 3 heteroatoms. The number of benzene rings is 1. The van der Waals surface area contributed by atoms with Crippen LogP contribution in [0, 0.1) is 0 Å². The highest BCUT2D eigenvalue weighted by Gasteiger charge is 2.04. The zero-order valence-corrected chi connectivity index (χ0v) is 9.61. The summed E-state index contributed by atoms with van der Waals surface area (Å²) in [5.41, 5.74) is 1.80. The van der Waals surface area contributed by atoms with Gasteiger partial charge in [-0.05, 0) is 18.4 Å². The number of aromatic hydroxyl groups is 1. The van der Waals surface area contributed by atoms with Crippen molar-refractivity contribution in [3.63, 3.8) is 0 Å². The minimum absolute atomic E-state index is 0.360. The lowest BCUT2D eigenvalue weighted by atomic mass is 10.1.